The molecule has 1 aromatic carbocycles. The molecule has 2 N–H and O–H groups in total. The van der Waals surface area contributed by atoms with Gasteiger partial charge >= 0.3 is 0 Å². The third kappa shape index (κ3) is 2.56. The maximum atomic E-state index is 11.9. The molecule has 0 bridgehead atoms. The van der Waals surface area contributed by atoms with Crippen molar-refractivity contribution in [3.63, 3.8) is 0 Å². The van der Waals surface area contributed by atoms with Crippen molar-refractivity contribution in [1.82, 2.24) is 25.7 Å². The molecule has 0 unspecified atom stereocenters. The lowest BCUT2D eigenvalue weighted by molar-refractivity contribution is 0.0941. The van der Waals surface area contributed by atoms with Crippen molar-refractivity contribution in [2.24, 2.45) is 0 Å². The van der Waals surface area contributed by atoms with Crippen LogP contribution >= 0.6 is 0 Å². The Morgan fingerprint density at radius 1 is 1.30 bits per heavy atom. The van der Waals surface area contributed by atoms with Crippen LogP contribution in [0.25, 0.3) is 11.3 Å². The van der Waals surface area contributed by atoms with Gasteiger partial charge in [-0.2, -0.15) is 5.10 Å². The second kappa shape index (κ2) is 5.35. The Morgan fingerprint density at radius 3 is 2.90 bits per heavy atom. The van der Waals surface area contributed by atoms with Gasteiger partial charge in [-0.25, -0.2) is 4.98 Å². The van der Waals surface area contributed by atoms with Crippen LogP contribution in [0.5, 0.6) is 0 Å². The fourth-order valence-electron chi connectivity index (χ4n) is 1.69. The number of rotatable bonds is 4. The van der Waals surface area contributed by atoms with Crippen LogP contribution in [0.4, 0.5) is 0 Å². The first kappa shape index (κ1) is 12.1. The van der Waals surface area contributed by atoms with Crippen LogP contribution in [0.3, 0.4) is 0 Å². The largest absolute Gasteiger partial charge is 0.355 e. The molecule has 0 aliphatic carbocycles. The molecule has 1 amide bonds. The van der Waals surface area contributed by atoms with E-state index >= 15 is 0 Å². The molecule has 0 saturated carbocycles. The van der Waals surface area contributed by atoms with Gasteiger partial charge in [-0.3, -0.25) is 9.89 Å². The molecular weight excluding hydrogens is 258 g/mol. The Balaban J connectivity index is 1.69. The summed E-state index contributed by atoms with van der Waals surface area (Å²) in [5.74, 6) is 0.799. The molecule has 7 heteroatoms. The molecule has 0 atom stereocenters. The summed E-state index contributed by atoms with van der Waals surface area (Å²) in [5, 5.41) is 12.8. The van der Waals surface area contributed by atoms with Crippen LogP contribution in [-0.4, -0.2) is 26.2 Å². The SMILES string of the molecule is O=C(NCc1ncn[nH]1)c1cc(-c2ccccc2)on1. The standard InChI is InChI=1S/C13H11N5O2/c19-13(14-7-12-15-8-16-17-12)10-6-11(20-18-10)9-4-2-1-3-5-9/h1-6,8H,7H2,(H,14,19)(H,15,16,17). The van der Waals surface area contributed by atoms with E-state index in [9.17, 15) is 4.79 Å². The van der Waals surface area contributed by atoms with E-state index in [1.54, 1.807) is 6.07 Å². The topological polar surface area (TPSA) is 96.7 Å². The highest BCUT2D eigenvalue weighted by atomic mass is 16.5. The zero-order chi connectivity index (χ0) is 13.8. The van der Waals surface area contributed by atoms with E-state index in [1.807, 2.05) is 30.3 Å². The van der Waals surface area contributed by atoms with Crippen molar-refractivity contribution in [2.75, 3.05) is 0 Å². The summed E-state index contributed by atoms with van der Waals surface area (Å²) in [4.78, 5) is 15.8. The molecule has 0 saturated heterocycles. The number of amides is 1. The number of hydrogen-bond donors (Lipinski definition) is 2. The van der Waals surface area contributed by atoms with Gasteiger partial charge in [-0.15, -0.1) is 0 Å². The van der Waals surface area contributed by atoms with Crippen molar-refractivity contribution in [2.45, 2.75) is 6.54 Å². The number of benzene rings is 1. The van der Waals surface area contributed by atoms with Crippen molar-refractivity contribution < 1.29 is 9.32 Å². The van der Waals surface area contributed by atoms with E-state index in [2.05, 4.69) is 25.7 Å². The molecule has 100 valence electrons. The van der Waals surface area contributed by atoms with Crippen LogP contribution in [-0.2, 0) is 6.54 Å². The minimum atomic E-state index is -0.327. The molecule has 0 radical (unpaired) electrons. The zero-order valence-electron chi connectivity index (χ0n) is 10.4. The predicted molar refractivity (Wildman–Crippen MR) is 69.5 cm³/mol. The Kier molecular flexibility index (Phi) is 3.24. The second-order valence-corrected chi connectivity index (χ2v) is 4.06. The van der Waals surface area contributed by atoms with Gasteiger partial charge in [-0.05, 0) is 0 Å². The van der Waals surface area contributed by atoms with Crippen molar-refractivity contribution in [3.05, 3.63) is 54.2 Å². The lowest BCUT2D eigenvalue weighted by Gasteiger charge is -1.98. The summed E-state index contributed by atoms with van der Waals surface area (Å²) in [7, 11) is 0. The monoisotopic (exact) mass is 269 g/mol. The molecule has 20 heavy (non-hydrogen) atoms. The second-order valence-electron chi connectivity index (χ2n) is 4.06. The number of carbonyl (C=O) groups is 1. The highest BCUT2D eigenvalue weighted by molar-refractivity contribution is 5.92. The van der Waals surface area contributed by atoms with Gasteiger partial charge in [0.05, 0.1) is 6.54 Å². The Morgan fingerprint density at radius 2 is 2.15 bits per heavy atom. The number of H-pyrrole nitrogens is 1. The maximum Gasteiger partial charge on any atom is 0.273 e. The average Bonchev–Trinajstić information content (AvgIpc) is 3.17. The van der Waals surface area contributed by atoms with Gasteiger partial charge in [0.25, 0.3) is 5.91 Å². The molecule has 0 fully saturated rings. The number of nitrogens with one attached hydrogen (secondary N) is 2. The van der Waals surface area contributed by atoms with E-state index in [1.165, 1.54) is 6.33 Å². The van der Waals surface area contributed by atoms with Crippen LogP contribution in [0, 0.1) is 0 Å². The maximum absolute atomic E-state index is 11.9. The first-order chi connectivity index (χ1) is 9.83. The third-order valence-electron chi connectivity index (χ3n) is 2.68. The molecule has 3 aromatic rings. The third-order valence-corrected chi connectivity index (χ3v) is 2.68. The highest BCUT2D eigenvalue weighted by Gasteiger charge is 2.13. The number of aromatic amines is 1. The van der Waals surface area contributed by atoms with Crippen molar-refractivity contribution in [1.29, 1.82) is 0 Å². The summed E-state index contributed by atoms with van der Waals surface area (Å²) in [6, 6.07) is 11.1. The molecule has 0 aliphatic heterocycles. The number of carbonyl (C=O) groups excluding carboxylic acids is 1. The Bertz CT molecular complexity index is 691. The van der Waals surface area contributed by atoms with Crippen LogP contribution < -0.4 is 5.32 Å². The quantitative estimate of drug-likeness (QED) is 0.746. The van der Waals surface area contributed by atoms with Crippen molar-refractivity contribution in [3.8, 4) is 11.3 Å². The molecule has 3 rings (SSSR count). The van der Waals surface area contributed by atoms with E-state index < -0.39 is 0 Å². The first-order valence-electron chi connectivity index (χ1n) is 5.97. The Hall–Kier alpha value is -2.96. The fraction of sp³-hybridized carbons (Fsp3) is 0.0769. The smallest absolute Gasteiger partial charge is 0.273 e. The minimum absolute atomic E-state index is 0.225. The summed E-state index contributed by atoms with van der Waals surface area (Å²) in [5.41, 5.74) is 1.10. The van der Waals surface area contributed by atoms with E-state index in [4.69, 9.17) is 4.52 Å². The van der Waals surface area contributed by atoms with Gasteiger partial charge < -0.3 is 9.84 Å². The minimum Gasteiger partial charge on any atom is -0.355 e. The first-order valence-corrected chi connectivity index (χ1v) is 5.97. The summed E-state index contributed by atoms with van der Waals surface area (Å²) in [6.07, 6.45) is 1.38. The molecule has 2 heterocycles. The highest BCUT2D eigenvalue weighted by Crippen LogP contribution is 2.19. The molecular formula is C13H11N5O2. The van der Waals surface area contributed by atoms with Crippen LogP contribution in [0.15, 0.2) is 47.2 Å². The number of aromatic nitrogens is 4. The lowest BCUT2D eigenvalue weighted by atomic mass is 10.1. The van der Waals surface area contributed by atoms with E-state index in [0.29, 0.717) is 11.6 Å². The van der Waals surface area contributed by atoms with E-state index in [-0.39, 0.29) is 18.1 Å². The number of nitrogens with zero attached hydrogens (tertiary/aromatic N) is 3. The molecule has 0 aliphatic rings. The van der Waals surface area contributed by atoms with Crippen molar-refractivity contribution >= 4 is 5.91 Å². The predicted octanol–water partition coefficient (Wildman–Crippen LogP) is 1.39. The molecule has 0 spiro atoms. The zero-order valence-corrected chi connectivity index (χ0v) is 10.4. The Labute approximate surface area is 114 Å². The van der Waals surface area contributed by atoms with E-state index in [0.717, 1.165) is 5.56 Å². The fourth-order valence-corrected chi connectivity index (χ4v) is 1.69. The average molecular weight is 269 g/mol. The van der Waals surface area contributed by atoms with Gasteiger partial charge in [-0.1, -0.05) is 35.5 Å². The number of hydrogen-bond acceptors (Lipinski definition) is 5. The van der Waals surface area contributed by atoms with Gasteiger partial charge in [0.1, 0.15) is 12.2 Å². The normalized spacial score (nSPS) is 10.4. The summed E-state index contributed by atoms with van der Waals surface area (Å²) < 4.78 is 5.16. The van der Waals surface area contributed by atoms with Crippen LogP contribution in [0.2, 0.25) is 0 Å². The summed E-state index contributed by atoms with van der Waals surface area (Å²) in [6.45, 7) is 0.256. The molecule has 7 nitrogen and oxygen atoms in total. The van der Waals surface area contributed by atoms with Gasteiger partial charge in [0, 0.05) is 11.6 Å². The molecule has 2 aromatic heterocycles. The lowest BCUT2D eigenvalue weighted by Crippen LogP contribution is -2.23. The van der Waals surface area contributed by atoms with Gasteiger partial charge in [0.2, 0.25) is 0 Å². The van der Waals surface area contributed by atoms with Gasteiger partial charge in [0.15, 0.2) is 11.5 Å². The van der Waals surface area contributed by atoms with Crippen LogP contribution in [0.1, 0.15) is 16.3 Å². The summed E-state index contributed by atoms with van der Waals surface area (Å²) >= 11 is 0.